The first-order chi connectivity index (χ1) is 20.1. The highest BCUT2D eigenvalue weighted by Crippen LogP contribution is 2.48. The summed E-state index contributed by atoms with van der Waals surface area (Å²) in [6, 6.07) is 28.0. The van der Waals surface area contributed by atoms with E-state index in [1.54, 1.807) is 0 Å². The predicted octanol–water partition coefficient (Wildman–Crippen LogP) is 7.50. The van der Waals surface area contributed by atoms with Gasteiger partial charge in [-0.05, 0) is 62.1 Å². The average molecular weight is 548 g/mol. The Bertz CT molecular complexity index is 1470. The van der Waals surface area contributed by atoms with E-state index in [0.717, 1.165) is 53.8 Å². The SMILES string of the molecule is CC1=C(C(=O)OC2CCCCC2)[C@@H](c2ccccc2OCc2ccccc2)C2=C(C[C@@H](c3ccccc3)CC2=O)N1. The Labute approximate surface area is 242 Å². The van der Waals surface area contributed by atoms with Crippen LogP contribution in [0.3, 0.4) is 0 Å². The number of Topliss-reactive ketones (excluding diaryl/α,β-unsaturated/α-hetero) is 1. The van der Waals surface area contributed by atoms with Crippen LogP contribution < -0.4 is 10.1 Å². The van der Waals surface area contributed by atoms with Crippen molar-refractivity contribution >= 4 is 11.8 Å². The van der Waals surface area contributed by atoms with Crippen molar-refractivity contribution in [1.29, 1.82) is 0 Å². The number of allylic oxidation sites excluding steroid dienone is 3. The third-order valence-electron chi connectivity index (χ3n) is 8.61. The van der Waals surface area contributed by atoms with Crippen LogP contribution in [0.5, 0.6) is 5.75 Å². The topological polar surface area (TPSA) is 64.6 Å². The third-order valence-corrected chi connectivity index (χ3v) is 8.61. The molecular weight excluding hydrogens is 510 g/mol. The highest BCUT2D eigenvalue weighted by atomic mass is 16.5. The number of nitrogens with one attached hydrogen (secondary N) is 1. The molecule has 5 nitrogen and oxygen atoms in total. The van der Waals surface area contributed by atoms with Crippen LogP contribution in [0.15, 0.2) is 107 Å². The Hall–Kier alpha value is -4.12. The first-order valence-corrected chi connectivity index (χ1v) is 14.8. The van der Waals surface area contributed by atoms with Crippen LogP contribution in [0.2, 0.25) is 0 Å². The Kier molecular flexibility index (Phi) is 8.04. The maximum atomic E-state index is 14.0. The molecule has 41 heavy (non-hydrogen) atoms. The number of ether oxygens (including phenoxy) is 2. The molecule has 0 bridgehead atoms. The summed E-state index contributed by atoms with van der Waals surface area (Å²) in [7, 11) is 0. The predicted molar refractivity (Wildman–Crippen MR) is 159 cm³/mol. The summed E-state index contributed by atoms with van der Waals surface area (Å²) in [5, 5.41) is 3.49. The molecule has 210 valence electrons. The van der Waals surface area contributed by atoms with Crippen LogP contribution in [0.1, 0.15) is 80.4 Å². The lowest BCUT2D eigenvalue weighted by molar-refractivity contribution is -0.146. The Balaban J connectivity index is 1.39. The number of ketones is 1. The summed E-state index contributed by atoms with van der Waals surface area (Å²) >= 11 is 0. The molecule has 3 aromatic rings. The normalized spacial score (nSPS) is 21.2. The quantitative estimate of drug-likeness (QED) is 0.310. The largest absolute Gasteiger partial charge is 0.489 e. The molecule has 0 radical (unpaired) electrons. The molecule has 6 rings (SSSR count). The van der Waals surface area contributed by atoms with Gasteiger partial charge in [0.15, 0.2) is 5.78 Å². The number of rotatable bonds is 7. The molecule has 0 spiro atoms. The molecule has 1 saturated carbocycles. The number of benzene rings is 3. The summed E-state index contributed by atoms with van der Waals surface area (Å²) in [5.41, 5.74) is 5.83. The van der Waals surface area contributed by atoms with E-state index in [1.807, 2.05) is 79.7 Å². The maximum absolute atomic E-state index is 14.0. The van der Waals surface area contributed by atoms with E-state index in [-0.39, 0.29) is 23.8 Å². The van der Waals surface area contributed by atoms with Gasteiger partial charge in [0, 0.05) is 29.0 Å². The minimum absolute atomic E-state index is 0.0610. The van der Waals surface area contributed by atoms with Gasteiger partial charge < -0.3 is 14.8 Å². The van der Waals surface area contributed by atoms with E-state index in [2.05, 4.69) is 17.4 Å². The highest BCUT2D eigenvalue weighted by molar-refractivity contribution is 6.04. The monoisotopic (exact) mass is 547 g/mol. The van der Waals surface area contributed by atoms with E-state index < -0.39 is 5.92 Å². The lowest BCUT2D eigenvalue weighted by Gasteiger charge is -2.37. The van der Waals surface area contributed by atoms with Crippen molar-refractivity contribution in [3.8, 4) is 5.75 Å². The van der Waals surface area contributed by atoms with Gasteiger partial charge in [0.05, 0.1) is 11.5 Å². The molecule has 2 aliphatic carbocycles. The van der Waals surface area contributed by atoms with Crippen LogP contribution in [0, 0.1) is 0 Å². The standard InChI is InChI=1S/C36H37NO4/c1-24-33(36(39)41-28-17-9-4-10-18-28)34(29-19-11-12-20-32(29)40-23-25-13-5-2-6-14-25)35-30(37-24)21-27(22-31(35)38)26-15-7-3-8-16-26/h2-3,5-8,11-16,19-20,27-28,34,37H,4,9-10,17-18,21-23H2,1H3/t27-,34-/m1/s1. The fraction of sp³-hybridized carbons (Fsp3) is 0.333. The van der Waals surface area contributed by atoms with Gasteiger partial charge in [0.1, 0.15) is 18.5 Å². The minimum atomic E-state index is -0.557. The zero-order chi connectivity index (χ0) is 28.2. The van der Waals surface area contributed by atoms with E-state index in [9.17, 15) is 9.59 Å². The summed E-state index contributed by atoms with van der Waals surface area (Å²) < 4.78 is 12.5. The number of carbonyl (C=O) groups excluding carboxylic acids is 2. The van der Waals surface area contributed by atoms with Gasteiger partial charge in [-0.3, -0.25) is 4.79 Å². The van der Waals surface area contributed by atoms with E-state index >= 15 is 0 Å². The Morgan fingerprint density at radius 2 is 1.54 bits per heavy atom. The van der Waals surface area contributed by atoms with E-state index in [0.29, 0.717) is 36.3 Å². The summed E-state index contributed by atoms with van der Waals surface area (Å²) in [6.45, 7) is 2.32. The van der Waals surface area contributed by atoms with Crippen molar-refractivity contribution in [2.24, 2.45) is 0 Å². The molecule has 1 heterocycles. The Morgan fingerprint density at radius 3 is 2.29 bits per heavy atom. The first kappa shape index (κ1) is 27.1. The smallest absolute Gasteiger partial charge is 0.337 e. The molecule has 0 amide bonds. The van der Waals surface area contributed by atoms with Gasteiger partial charge in [-0.1, -0.05) is 85.3 Å². The van der Waals surface area contributed by atoms with Crippen LogP contribution in [0.25, 0.3) is 0 Å². The molecule has 1 N–H and O–H groups in total. The molecule has 1 aliphatic heterocycles. The molecule has 0 unspecified atom stereocenters. The number of hydrogen-bond donors (Lipinski definition) is 1. The van der Waals surface area contributed by atoms with Gasteiger partial charge >= 0.3 is 5.97 Å². The zero-order valence-corrected chi connectivity index (χ0v) is 23.6. The van der Waals surface area contributed by atoms with Gasteiger partial charge in [0.2, 0.25) is 0 Å². The van der Waals surface area contributed by atoms with Crippen molar-refractivity contribution in [3.05, 3.63) is 124 Å². The van der Waals surface area contributed by atoms with Crippen LogP contribution in [-0.2, 0) is 20.9 Å². The molecule has 3 aromatic carbocycles. The number of hydrogen-bond acceptors (Lipinski definition) is 5. The van der Waals surface area contributed by atoms with Gasteiger partial charge in [-0.2, -0.15) is 0 Å². The van der Waals surface area contributed by atoms with E-state index in [1.165, 1.54) is 6.42 Å². The molecular formula is C36H37NO4. The Morgan fingerprint density at radius 1 is 0.854 bits per heavy atom. The molecule has 5 heteroatoms. The van der Waals surface area contributed by atoms with E-state index in [4.69, 9.17) is 9.47 Å². The summed E-state index contributed by atoms with van der Waals surface area (Å²) in [4.78, 5) is 28.0. The highest BCUT2D eigenvalue weighted by Gasteiger charge is 2.43. The fourth-order valence-corrected chi connectivity index (χ4v) is 6.57. The van der Waals surface area contributed by atoms with Crippen LogP contribution in [-0.4, -0.2) is 17.9 Å². The molecule has 0 aromatic heterocycles. The van der Waals surface area contributed by atoms with Gasteiger partial charge in [0.25, 0.3) is 0 Å². The van der Waals surface area contributed by atoms with Crippen molar-refractivity contribution in [2.45, 2.75) is 76.4 Å². The molecule has 0 saturated heterocycles. The van der Waals surface area contributed by atoms with Crippen molar-refractivity contribution in [1.82, 2.24) is 5.32 Å². The van der Waals surface area contributed by atoms with Crippen LogP contribution in [0.4, 0.5) is 0 Å². The van der Waals surface area contributed by atoms with Gasteiger partial charge in [-0.25, -0.2) is 4.79 Å². The molecule has 2 atom stereocenters. The number of dihydropyridines is 1. The lowest BCUT2D eigenvalue weighted by Crippen LogP contribution is -2.37. The second-order valence-corrected chi connectivity index (χ2v) is 11.4. The second-order valence-electron chi connectivity index (χ2n) is 11.4. The number of esters is 1. The minimum Gasteiger partial charge on any atom is -0.489 e. The summed E-state index contributed by atoms with van der Waals surface area (Å²) in [5.74, 6) is -0.0775. The number of carbonyl (C=O) groups is 2. The van der Waals surface area contributed by atoms with Crippen molar-refractivity contribution in [3.63, 3.8) is 0 Å². The first-order valence-electron chi connectivity index (χ1n) is 14.8. The van der Waals surface area contributed by atoms with Crippen molar-refractivity contribution in [2.75, 3.05) is 0 Å². The maximum Gasteiger partial charge on any atom is 0.337 e. The average Bonchev–Trinajstić information content (AvgIpc) is 3.01. The summed E-state index contributed by atoms with van der Waals surface area (Å²) in [6.07, 6.45) is 6.12. The van der Waals surface area contributed by atoms with Crippen molar-refractivity contribution < 1.29 is 19.1 Å². The molecule has 3 aliphatic rings. The van der Waals surface area contributed by atoms with Gasteiger partial charge in [-0.15, -0.1) is 0 Å². The molecule has 1 fully saturated rings. The fourth-order valence-electron chi connectivity index (χ4n) is 6.57. The lowest BCUT2D eigenvalue weighted by atomic mass is 9.71. The zero-order valence-electron chi connectivity index (χ0n) is 23.6. The number of para-hydroxylation sites is 1. The third kappa shape index (κ3) is 5.85. The second kappa shape index (κ2) is 12.2. The van der Waals surface area contributed by atoms with Crippen LogP contribution >= 0.6 is 0 Å².